The van der Waals surface area contributed by atoms with E-state index in [-0.39, 0.29) is 27.5 Å². The topological polar surface area (TPSA) is 117 Å². The molecule has 14 heteroatoms. The number of hydrogen-bond donors (Lipinski definition) is 3. The van der Waals surface area contributed by atoms with E-state index in [1.807, 2.05) is 5.32 Å². The highest BCUT2D eigenvalue weighted by atomic mass is 35.5. The molecule has 8 nitrogen and oxygen atoms in total. The minimum absolute atomic E-state index is 0.00878. The molecule has 1 atom stereocenters. The van der Waals surface area contributed by atoms with E-state index in [1.165, 1.54) is 25.3 Å². The number of methoxy groups -OCH3 is 1. The van der Waals surface area contributed by atoms with Gasteiger partial charge in [-0.2, -0.15) is 13.2 Å². The summed E-state index contributed by atoms with van der Waals surface area (Å²) in [4.78, 5) is 16.7. The van der Waals surface area contributed by atoms with Gasteiger partial charge in [0.05, 0.1) is 24.9 Å². The van der Waals surface area contributed by atoms with E-state index in [1.54, 1.807) is 0 Å². The highest BCUT2D eigenvalue weighted by molar-refractivity contribution is 6.30. The van der Waals surface area contributed by atoms with Crippen molar-refractivity contribution in [1.29, 1.82) is 0 Å². The van der Waals surface area contributed by atoms with Gasteiger partial charge in [-0.1, -0.05) is 11.6 Å². The number of amides is 1. The molecule has 0 aliphatic heterocycles. The summed E-state index contributed by atoms with van der Waals surface area (Å²) >= 11 is 5.86. The fourth-order valence-corrected chi connectivity index (χ4v) is 4.18. The first kappa shape index (κ1) is 30.0. The van der Waals surface area contributed by atoms with E-state index < -0.39 is 58.4 Å². The molecule has 2 aromatic carbocycles. The van der Waals surface area contributed by atoms with Gasteiger partial charge in [-0.05, 0) is 62.4 Å². The molecule has 0 saturated heterocycles. The fraction of sp³-hybridized carbons (Fsp3) is 0.259. The number of nitrogens with zero attached hydrogens (tertiary/aromatic N) is 3. The molecule has 0 aliphatic rings. The summed E-state index contributed by atoms with van der Waals surface area (Å²) in [7, 11) is 1.29. The van der Waals surface area contributed by atoms with Gasteiger partial charge in [0, 0.05) is 22.1 Å². The van der Waals surface area contributed by atoms with Gasteiger partial charge in [0.2, 0.25) is 5.60 Å². The second kappa shape index (κ2) is 10.8. The van der Waals surface area contributed by atoms with Crippen molar-refractivity contribution in [2.24, 2.45) is 0 Å². The quantitative estimate of drug-likeness (QED) is 0.256. The Kier molecular flexibility index (Phi) is 7.91. The van der Waals surface area contributed by atoms with Crippen LogP contribution in [0.3, 0.4) is 0 Å². The summed E-state index contributed by atoms with van der Waals surface area (Å²) in [6.45, 7) is 0.807. The van der Waals surface area contributed by atoms with Crippen molar-refractivity contribution in [2.75, 3.05) is 13.7 Å². The van der Waals surface area contributed by atoms with Gasteiger partial charge in [-0.25, -0.2) is 13.8 Å². The summed E-state index contributed by atoms with van der Waals surface area (Å²) < 4.78 is 77.4. The third-order valence-electron chi connectivity index (χ3n) is 6.24. The van der Waals surface area contributed by atoms with Crippen molar-refractivity contribution in [3.05, 3.63) is 82.1 Å². The van der Waals surface area contributed by atoms with Gasteiger partial charge in [0.1, 0.15) is 22.8 Å². The van der Waals surface area contributed by atoms with E-state index in [9.17, 15) is 32.6 Å². The molecule has 41 heavy (non-hydrogen) atoms. The fourth-order valence-electron chi connectivity index (χ4n) is 4.02. The number of aromatic nitrogens is 3. The zero-order valence-electron chi connectivity index (χ0n) is 21.6. The molecule has 0 radical (unpaired) electrons. The van der Waals surface area contributed by atoms with Crippen molar-refractivity contribution in [2.45, 2.75) is 31.2 Å². The van der Waals surface area contributed by atoms with Gasteiger partial charge < -0.3 is 20.3 Å². The van der Waals surface area contributed by atoms with Crippen LogP contribution in [0.2, 0.25) is 5.15 Å². The highest BCUT2D eigenvalue weighted by Crippen LogP contribution is 2.41. The summed E-state index contributed by atoms with van der Waals surface area (Å²) in [6.07, 6.45) is -5.44. The Hall–Kier alpha value is -3.94. The maximum absolute atomic E-state index is 15.4. The van der Waals surface area contributed by atoms with Gasteiger partial charge in [0.15, 0.2) is 11.0 Å². The number of benzene rings is 2. The van der Waals surface area contributed by atoms with Crippen LogP contribution >= 0.6 is 11.6 Å². The summed E-state index contributed by atoms with van der Waals surface area (Å²) in [6, 6.07) is 8.49. The van der Waals surface area contributed by atoms with Crippen molar-refractivity contribution < 1.29 is 41.7 Å². The maximum atomic E-state index is 15.4. The normalized spacial score (nSPS) is 13.6. The maximum Gasteiger partial charge on any atom is 0.424 e. The molecule has 0 spiro atoms. The number of hydrogen-bond acceptors (Lipinski definition) is 7. The molecule has 0 fully saturated rings. The molecule has 4 rings (SSSR count). The lowest BCUT2D eigenvalue weighted by atomic mass is 9.90. The smallest absolute Gasteiger partial charge is 0.424 e. The lowest BCUT2D eigenvalue weighted by molar-refractivity contribution is -0.265. The van der Waals surface area contributed by atoms with Crippen LogP contribution in [-0.2, 0) is 11.2 Å². The van der Waals surface area contributed by atoms with Crippen LogP contribution in [-0.4, -0.2) is 51.1 Å². The molecule has 1 amide bonds. The Morgan fingerprint density at radius 3 is 2.27 bits per heavy atom. The Morgan fingerprint density at radius 2 is 1.68 bits per heavy atom. The van der Waals surface area contributed by atoms with Crippen LogP contribution in [0.25, 0.3) is 22.2 Å². The van der Waals surface area contributed by atoms with Crippen molar-refractivity contribution >= 4 is 28.4 Å². The van der Waals surface area contributed by atoms with Crippen LogP contribution in [0.15, 0.2) is 48.5 Å². The first-order valence-corrected chi connectivity index (χ1v) is 12.2. The highest BCUT2D eigenvalue weighted by Gasteiger charge is 2.57. The summed E-state index contributed by atoms with van der Waals surface area (Å²) in [5, 5.41) is 31.4. The summed E-state index contributed by atoms with van der Waals surface area (Å²) in [5.41, 5.74) is -8.29. The van der Waals surface area contributed by atoms with E-state index in [2.05, 4.69) is 15.2 Å². The average molecular weight is 597 g/mol. The second-order valence-electron chi connectivity index (χ2n) is 9.61. The number of ether oxygens (including phenoxy) is 1. The predicted octanol–water partition coefficient (Wildman–Crippen LogP) is 5.04. The number of alkyl halides is 3. The zero-order chi connectivity index (χ0) is 30.3. The molecule has 0 aliphatic carbocycles. The first-order chi connectivity index (χ1) is 19.0. The number of pyridine rings is 1. The van der Waals surface area contributed by atoms with E-state index >= 15 is 4.39 Å². The molecule has 2 aromatic heterocycles. The molecule has 0 bridgehead atoms. The monoisotopic (exact) mass is 596 g/mol. The number of nitrogens with one attached hydrogen (secondary N) is 1. The van der Waals surface area contributed by atoms with Gasteiger partial charge in [-0.3, -0.25) is 4.79 Å². The van der Waals surface area contributed by atoms with Crippen LogP contribution in [0, 0.1) is 11.6 Å². The van der Waals surface area contributed by atoms with Gasteiger partial charge in [-0.15, -0.1) is 10.2 Å². The lowest BCUT2D eigenvalue weighted by Crippen LogP contribution is -2.51. The van der Waals surface area contributed by atoms with E-state index in [4.69, 9.17) is 16.3 Å². The van der Waals surface area contributed by atoms with Crippen LogP contribution in [0.1, 0.15) is 35.5 Å². The zero-order valence-corrected chi connectivity index (χ0v) is 22.4. The number of halogens is 6. The molecular formula is C27H22ClF5N4O4. The Bertz CT molecular complexity index is 1630. The second-order valence-corrected chi connectivity index (χ2v) is 9.99. The number of carbonyl (C=O) groups excluding carboxylic acids is 1. The van der Waals surface area contributed by atoms with Crippen LogP contribution in [0.4, 0.5) is 22.0 Å². The number of aliphatic hydroxyl groups is 2. The molecular weight excluding hydrogens is 575 g/mol. The number of rotatable bonds is 7. The molecule has 0 saturated carbocycles. The van der Waals surface area contributed by atoms with Gasteiger partial charge in [0.25, 0.3) is 5.91 Å². The van der Waals surface area contributed by atoms with Crippen molar-refractivity contribution in [3.8, 4) is 17.0 Å². The minimum Gasteiger partial charge on any atom is -0.494 e. The Morgan fingerprint density at radius 1 is 1.02 bits per heavy atom. The molecule has 216 valence electrons. The van der Waals surface area contributed by atoms with E-state index in [0.29, 0.717) is 11.5 Å². The first-order valence-electron chi connectivity index (χ1n) is 11.8. The van der Waals surface area contributed by atoms with E-state index in [0.717, 1.165) is 38.1 Å². The van der Waals surface area contributed by atoms with Crippen LogP contribution < -0.4 is 10.1 Å². The third kappa shape index (κ3) is 5.92. The van der Waals surface area contributed by atoms with Gasteiger partial charge >= 0.3 is 6.18 Å². The molecule has 4 aromatic rings. The molecule has 0 unspecified atom stereocenters. The Balaban J connectivity index is 1.79. The number of carbonyl (C=O) groups is 1. The molecule has 2 heterocycles. The third-order valence-corrected chi connectivity index (χ3v) is 6.42. The SMILES string of the molecule is COc1cc(C(=O)NC[C@](O)(c2cc(C(C)(C)O)c(F)c(-c3ccc(F)cc3)n2)C(F)(F)F)cc2cc(Cl)nnc12. The summed E-state index contributed by atoms with van der Waals surface area (Å²) in [5.74, 6) is -2.82. The lowest BCUT2D eigenvalue weighted by Gasteiger charge is -2.32. The van der Waals surface area contributed by atoms with Crippen molar-refractivity contribution in [1.82, 2.24) is 20.5 Å². The average Bonchev–Trinajstić information content (AvgIpc) is 2.90. The van der Waals surface area contributed by atoms with Crippen molar-refractivity contribution in [3.63, 3.8) is 0 Å². The molecule has 3 N–H and O–H groups in total. The Labute approximate surface area is 234 Å². The number of fused-ring (bicyclic) bond motifs is 1. The minimum atomic E-state index is -5.44. The van der Waals surface area contributed by atoms with Crippen LogP contribution in [0.5, 0.6) is 5.75 Å². The largest absolute Gasteiger partial charge is 0.494 e. The standard InChI is InChI=1S/C27H22ClF5N4O4/c1-25(2,39)17-11-19(35-23(21(17)30)13-4-6-16(29)7-5-13)26(40,27(31,32)33)12-34-24(38)15-8-14-10-20(28)36-37-22(14)18(9-15)41-3/h4-11,39-40H,12H2,1-3H3,(H,34,38)/t26-/m0/s1. The predicted molar refractivity (Wildman–Crippen MR) is 138 cm³/mol.